The minimum Gasteiger partial charge on any atom is -0.314 e. The molecule has 0 aromatic carbocycles. The molecule has 4 nitrogen and oxygen atoms in total. The quantitative estimate of drug-likeness (QED) is 0.725. The van der Waals surface area contributed by atoms with Gasteiger partial charge in [-0.1, -0.05) is 0 Å². The zero-order valence-electron chi connectivity index (χ0n) is 11.5. The van der Waals surface area contributed by atoms with Crippen molar-refractivity contribution >= 4 is 0 Å². The summed E-state index contributed by atoms with van der Waals surface area (Å²) < 4.78 is 0. The van der Waals surface area contributed by atoms with E-state index in [1.54, 1.807) is 0 Å². The fourth-order valence-electron chi connectivity index (χ4n) is 2.91. The molecule has 2 saturated heterocycles. The highest BCUT2D eigenvalue weighted by molar-refractivity contribution is 4.79. The fourth-order valence-corrected chi connectivity index (χ4v) is 2.91. The highest BCUT2D eigenvalue weighted by Gasteiger charge is 2.22. The summed E-state index contributed by atoms with van der Waals surface area (Å²) in [4.78, 5) is 7.60. The zero-order valence-corrected chi connectivity index (χ0v) is 11.5. The molecule has 0 saturated carbocycles. The average Bonchev–Trinajstić information content (AvgIpc) is 2.74. The summed E-state index contributed by atoms with van der Waals surface area (Å²) in [6.45, 7) is 9.73. The van der Waals surface area contributed by atoms with Gasteiger partial charge in [-0.25, -0.2) is 0 Å². The number of likely N-dealkylation sites (N-methyl/N-ethyl adjacent to an activating group) is 2. The lowest BCUT2D eigenvalue weighted by Gasteiger charge is -2.30. The zero-order chi connectivity index (χ0) is 12.1. The van der Waals surface area contributed by atoms with Crippen LogP contribution in [0.1, 0.15) is 12.8 Å². The Bertz CT molecular complexity index is 215. The first-order valence-corrected chi connectivity index (χ1v) is 7.07. The smallest absolute Gasteiger partial charge is 0.0220 e. The maximum absolute atomic E-state index is 3.40. The highest BCUT2D eigenvalue weighted by atomic mass is 15.2. The minimum atomic E-state index is 0.794. The van der Waals surface area contributed by atoms with E-state index in [1.165, 1.54) is 52.1 Å². The number of nitrogens with one attached hydrogen (secondary N) is 1. The molecular formula is C13H28N4. The fraction of sp³-hybridized carbons (Fsp3) is 1.00. The van der Waals surface area contributed by atoms with Crippen LogP contribution in [0.15, 0.2) is 0 Å². The van der Waals surface area contributed by atoms with Gasteiger partial charge in [0.2, 0.25) is 0 Å². The van der Waals surface area contributed by atoms with Gasteiger partial charge in [0.25, 0.3) is 0 Å². The molecule has 0 amide bonds. The van der Waals surface area contributed by atoms with E-state index in [9.17, 15) is 0 Å². The van der Waals surface area contributed by atoms with Crippen LogP contribution in [0.4, 0.5) is 0 Å². The molecule has 0 bridgehead atoms. The van der Waals surface area contributed by atoms with Crippen LogP contribution in [0.2, 0.25) is 0 Å². The molecule has 4 heteroatoms. The molecule has 2 heterocycles. The van der Waals surface area contributed by atoms with Crippen molar-refractivity contribution in [1.29, 1.82) is 0 Å². The number of hydrogen-bond acceptors (Lipinski definition) is 4. The molecule has 2 aliphatic heterocycles. The van der Waals surface area contributed by atoms with E-state index in [4.69, 9.17) is 0 Å². The van der Waals surface area contributed by atoms with Gasteiger partial charge >= 0.3 is 0 Å². The first-order chi connectivity index (χ1) is 8.25. The number of nitrogens with zero attached hydrogens (tertiary/aromatic N) is 3. The lowest BCUT2D eigenvalue weighted by atomic mass is 10.2. The van der Waals surface area contributed by atoms with Crippen LogP contribution in [-0.2, 0) is 0 Å². The van der Waals surface area contributed by atoms with Crippen molar-refractivity contribution in [2.75, 3.05) is 66.5 Å². The monoisotopic (exact) mass is 240 g/mol. The summed E-state index contributed by atoms with van der Waals surface area (Å²) in [7, 11) is 4.54. The standard InChI is InChI=1S/C13H28N4/c1-15(12-13-4-3-7-16(13)2)10-11-17-8-5-14-6-9-17/h13-14H,3-12H2,1-2H3. The van der Waals surface area contributed by atoms with Gasteiger partial charge in [0.15, 0.2) is 0 Å². The van der Waals surface area contributed by atoms with E-state index >= 15 is 0 Å². The van der Waals surface area contributed by atoms with Crippen LogP contribution in [0.5, 0.6) is 0 Å². The number of likely N-dealkylation sites (tertiary alicyclic amines) is 1. The van der Waals surface area contributed by atoms with E-state index in [-0.39, 0.29) is 0 Å². The molecule has 1 atom stereocenters. The molecule has 1 unspecified atom stereocenters. The summed E-state index contributed by atoms with van der Waals surface area (Å²) in [5, 5.41) is 3.40. The largest absolute Gasteiger partial charge is 0.314 e. The van der Waals surface area contributed by atoms with Crippen molar-refractivity contribution in [2.24, 2.45) is 0 Å². The Labute approximate surface area is 106 Å². The summed E-state index contributed by atoms with van der Waals surface area (Å²) in [5.74, 6) is 0. The summed E-state index contributed by atoms with van der Waals surface area (Å²) in [6.07, 6.45) is 2.77. The Hall–Kier alpha value is -0.160. The van der Waals surface area contributed by atoms with Gasteiger partial charge < -0.3 is 15.1 Å². The van der Waals surface area contributed by atoms with Gasteiger partial charge in [-0.15, -0.1) is 0 Å². The van der Waals surface area contributed by atoms with Gasteiger partial charge in [-0.3, -0.25) is 4.90 Å². The van der Waals surface area contributed by atoms with E-state index in [0.29, 0.717) is 0 Å². The normalized spacial score (nSPS) is 28.1. The maximum atomic E-state index is 3.40. The van der Waals surface area contributed by atoms with Crippen molar-refractivity contribution in [2.45, 2.75) is 18.9 Å². The second-order valence-electron chi connectivity index (χ2n) is 5.63. The van der Waals surface area contributed by atoms with Gasteiger partial charge in [0, 0.05) is 51.9 Å². The van der Waals surface area contributed by atoms with Gasteiger partial charge in [-0.05, 0) is 33.5 Å². The van der Waals surface area contributed by atoms with E-state index < -0.39 is 0 Å². The Morgan fingerprint density at radius 3 is 2.65 bits per heavy atom. The molecule has 0 radical (unpaired) electrons. The van der Waals surface area contributed by atoms with Crippen LogP contribution in [-0.4, -0.2) is 87.2 Å². The Morgan fingerprint density at radius 2 is 2.00 bits per heavy atom. The Kier molecular flexibility index (Phi) is 5.22. The molecule has 2 aliphatic rings. The van der Waals surface area contributed by atoms with Gasteiger partial charge in [-0.2, -0.15) is 0 Å². The van der Waals surface area contributed by atoms with Crippen molar-refractivity contribution in [3.05, 3.63) is 0 Å². The molecule has 100 valence electrons. The molecule has 0 aromatic heterocycles. The number of rotatable bonds is 5. The average molecular weight is 240 g/mol. The van der Waals surface area contributed by atoms with Crippen molar-refractivity contribution in [1.82, 2.24) is 20.0 Å². The van der Waals surface area contributed by atoms with Crippen molar-refractivity contribution < 1.29 is 0 Å². The lowest BCUT2D eigenvalue weighted by molar-refractivity contribution is 0.178. The van der Waals surface area contributed by atoms with Crippen LogP contribution < -0.4 is 5.32 Å². The predicted octanol–water partition coefficient (Wildman–Crippen LogP) is -0.0824. The van der Waals surface area contributed by atoms with E-state index in [0.717, 1.165) is 19.1 Å². The topological polar surface area (TPSA) is 21.8 Å². The van der Waals surface area contributed by atoms with Gasteiger partial charge in [0.05, 0.1) is 0 Å². The summed E-state index contributed by atoms with van der Waals surface area (Å²) in [5.41, 5.74) is 0. The molecule has 0 spiro atoms. The third kappa shape index (κ3) is 4.21. The summed E-state index contributed by atoms with van der Waals surface area (Å²) >= 11 is 0. The lowest BCUT2D eigenvalue weighted by Crippen LogP contribution is -2.47. The third-order valence-corrected chi connectivity index (χ3v) is 4.20. The first-order valence-electron chi connectivity index (χ1n) is 7.07. The van der Waals surface area contributed by atoms with Crippen LogP contribution in [0.3, 0.4) is 0 Å². The van der Waals surface area contributed by atoms with Crippen molar-refractivity contribution in [3.8, 4) is 0 Å². The molecule has 0 aliphatic carbocycles. The minimum absolute atomic E-state index is 0.794. The predicted molar refractivity (Wildman–Crippen MR) is 72.5 cm³/mol. The Morgan fingerprint density at radius 1 is 1.24 bits per heavy atom. The first kappa shape index (κ1) is 13.3. The Balaban J connectivity index is 1.61. The summed E-state index contributed by atoms with van der Waals surface area (Å²) in [6, 6.07) is 0.794. The maximum Gasteiger partial charge on any atom is 0.0220 e. The number of hydrogen-bond donors (Lipinski definition) is 1. The second kappa shape index (κ2) is 6.69. The second-order valence-corrected chi connectivity index (χ2v) is 5.63. The van der Waals surface area contributed by atoms with Crippen LogP contribution in [0, 0.1) is 0 Å². The van der Waals surface area contributed by atoms with Crippen molar-refractivity contribution in [3.63, 3.8) is 0 Å². The molecule has 2 rings (SSSR count). The highest BCUT2D eigenvalue weighted by Crippen LogP contribution is 2.15. The molecule has 17 heavy (non-hydrogen) atoms. The van der Waals surface area contributed by atoms with Crippen LogP contribution in [0.25, 0.3) is 0 Å². The number of piperazine rings is 1. The molecule has 2 fully saturated rings. The SMILES string of the molecule is CN(CCN1CCNCC1)CC1CCCN1C. The molecule has 0 aromatic rings. The van der Waals surface area contributed by atoms with Gasteiger partial charge in [0.1, 0.15) is 0 Å². The molecule has 1 N–H and O–H groups in total. The van der Waals surface area contributed by atoms with E-state index in [2.05, 4.69) is 34.1 Å². The van der Waals surface area contributed by atoms with Crippen LogP contribution >= 0.6 is 0 Å². The van der Waals surface area contributed by atoms with E-state index in [1.807, 2.05) is 0 Å². The third-order valence-electron chi connectivity index (χ3n) is 4.20. The molecular weight excluding hydrogens is 212 g/mol.